The lowest BCUT2D eigenvalue weighted by Gasteiger charge is -2.18. The summed E-state index contributed by atoms with van der Waals surface area (Å²) in [6, 6.07) is 0.286. The molecule has 0 aliphatic heterocycles. The molecule has 1 atom stereocenters. The molecule has 0 aromatic carbocycles. The van der Waals surface area contributed by atoms with Gasteiger partial charge in [0.15, 0.2) is 5.96 Å². The molecule has 7 heteroatoms. The molecule has 25 heavy (non-hydrogen) atoms. The minimum atomic E-state index is 0.286. The van der Waals surface area contributed by atoms with E-state index in [0.29, 0.717) is 0 Å². The highest BCUT2D eigenvalue weighted by Gasteiger charge is 2.13. The average Bonchev–Trinajstić information content (AvgIpc) is 3.08. The number of aryl methyl sites for hydroxylation is 4. The van der Waals surface area contributed by atoms with Gasteiger partial charge in [-0.3, -0.25) is 9.67 Å². The van der Waals surface area contributed by atoms with E-state index in [9.17, 15) is 0 Å². The summed E-state index contributed by atoms with van der Waals surface area (Å²) in [6.45, 7) is 9.29. The Morgan fingerprint density at radius 2 is 2.12 bits per heavy atom. The smallest absolute Gasteiger partial charge is 0.191 e. The minimum Gasteiger partial charge on any atom is -0.356 e. The first-order valence-electron chi connectivity index (χ1n) is 8.78. The first-order chi connectivity index (χ1) is 11.9. The van der Waals surface area contributed by atoms with E-state index < -0.39 is 0 Å². The number of aliphatic imine (C=N–C) groups is 1. The lowest BCUT2D eigenvalue weighted by molar-refractivity contribution is 0.631. The fourth-order valence-corrected chi connectivity index (χ4v) is 3.68. The van der Waals surface area contributed by atoms with Gasteiger partial charge in [0.05, 0.1) is 10.7 Å². The molecule has 1 unspecified atom stereocenters. The molecule has 2 aromatic heterocycles. The van der Waals surface area contributed by atoms with Gasteiger partial charge in [-0.15, -0.1) is 11.3 Å². The third-order valence-electron chi connectivity index (χ3n) is 4.30. The fraction of sp³-hybridized carbons (Fsp3) is 0.611. The zero-order chi connectivity index (χ0) is 18.4. The number of aromatic nitrogens is 3. The second-order valence-corrected chi connectivity index (χ2v) is 7.45. The van der Waals surface area contributed by atoms with Crippen LogP contribution in [0.15, 0.2) is 10.4 Å². The number of guanidine groups is 1. The van der Waals surface area contributed by atoms with Gasteiger partial charge in [0.2, 0.25) is 0 Å². The van der Waals surface area contributed by atoms with Crippen LogP contribution in [-0.2, 0) is 19.9 Å². The van der Waals surface area contributed by atoms with Crippen LogP contribution in [0.4, 0.5) is 0 Å². The second kappa shape index (κ2) is 8.99. The Bertz CT molecular complexity index is 715. The molecule has 0 saturated carbocycles. The molecule has 0 fully saturated rings. The Labute approximate surface area is 154 Å². The van der Waals surface area contributed by atoms with Gasteiger partial charge in [-0.1, -0.05) is 0 Å². The first-order valence-corrected chi connectivity index (χ1v) is 9.66. The highest BCUT2D eigenvalue weighted by molar-refractivity contribution is 7.09. The summed E-state index contributed by atoms with van der Waals surface area (Å²) in [7, 11) is 3.81. The molecule has 0 aliphatic rings. The summed E-state index contributed by atoms with van der Waals surface area (Å²) in [4.78, 5) is 8.83. The van der Waals surface area contributed by atoms with Crippen LogP contribution in [0, 0.1) is 20.8 Å². The van der Waals surface area contributed by atoms with Crippen molar-refractivity contribution < 1.29 is 0 Å². The quantitative estimate of drug-likeness (QED) is 0.451. The van der Waals surface area contributed by atoms with Gasteiger partial charge in [-0.05, 0) is 46.1 Å². The van der Waals surface area contributed by atoms with E-state index >= 15 is 0 Å². The Kier molecular flexibility index (Phi) is 6.99. The van der Waals surface area contributed by atoms with Crippen LogP contribution in [0.25, 0.3) is 0 Å². The van der Waals surface area contributed by atoms with Gasteiger partial charge in [0, 0.05) is 49.9 Å². The molecule has 2 heterocycles. The van der Waals surface area contributed by atoms with E-state index in [0.717, 1.165) is 43.2 Å². The molecule has 0 aliphatic carbocycles. The Morgan fingerprint density at radius 1 is 1.36 bits per heavy atom. The highest BCUT2D eigenvalue weighted by atomic mass is 32.1. The molecule has 2 rings (SSSR count). The average molecular weight is 363 g/mol. The van der Waals surface area contributed by atoms with E-state index in [1.54, 1.807) is 11.3 Å². The highest BCUT2D eigenvalue weighted by Crippen LogP contribution is 2.14. The molecule has 0 amide bonds. The maximum Gasteiger partial charge on any atom is 0.191 e. The van der Waals surface area contributed by atoms with Crippen molar-refractivity contribution in [2.75, 3.05) is 13.6 Å². The van der Waals surface area contributed by atoms with E-state index in [1.165, 1.54) is 16.3 Å². The fourth-order valence-electron chi connectivity index (χ4n) is 2.86. The number of nitrogens with one attached hydrogen (secondary N) is 2. The second-order valence-electron chi connectivity index (χ2n) is 6.51. The number of hydrogen-bond acceptors (Lipinski definition) is 4. The van der Waals surface area contributed by atoms with Crippen molar-refractivity contribution in [2.45, 2.75) is 53.0 Å². The SMILES string of the molecule is CN=C(NCCCc1nc(C)cs1)NC(C)Cc1c(C)nn(C)c1C. The molecule has 138 valence electrons. The van der Waals surface area contributed by atoms with Crippen molar-refractivity contribution in [3.8, 4) is 0 Å². The summed E-state index contributed by atoms with van der Waals surface area (Å²) < 4.78 is 1.95. The van der Waals surface area contributed by atoms with Crippen molar-refractivity contribution in [3.05, 3.63) is 33.0 Å². The van der Waals surface area contributed by atoms with Gasteiger partial charge < -0.3 is 10.6 Å². The van der Waals surface area contributed by atoms with Crippen LogP contribution < -0.4 is 10.6 Å². The zero-order valence-electron chi connectivity index (χ0n) is 16.2. The third-order valence-corrected chi connectivity index (χ3v) is 5.33. The number of nitrogens with zero attached hydrogens (tertiary/aromatic N) is 4. The Morgan fingerprint density at radius 3 is 2.68 bits per heavy atom. The van der Waals surface area contributed by atoms with Crippen molar-refractivity contribution in [2.24, 2.45) is 12.0 Å². The zero-order valence-corrected chi connectivity index (χ0v) is 17.0. The van der Waals surface area contributed by atoms with Crippen LogP contribution in [-0.4, -0.2) is 40.4 Å². The number of thiazole rings is 1. The van der Waals surface area contributed by atoms with Gasteiger partial charge >= 0.3 is 0 Å². The van der Waals surface area contributed by atoms with Crippen LogP contribution in [0.2, 0.25) is 0 Å². The summed E-state index contributed by atoms with van der Waals surface area (Å²) in [5, 5.41) is 14.7. The molecular weight excluding hydrogens is 332 g/mol. The van der Waals surface area contributed by atoms with Crippen molar-refractivity contribution in [1.82, 2.24) is 25.4 Å². The number of rotatable bonds is 7. The molecule has 6 nitrogen and oxygen atoms in total. The van der Waals surface area contributed by atoms with Crippen molar-refractivity contribution >= 4 is 17.3 Å². The maximum absolute atomic E-state index is 4.50. The van der Waals surface area contributed by atoms with Crippen LogP contribution in [0.3, 0.4) is 0 Å². The molecule has 0 spiro atoms. The van der Waals surface area contributed by atoms with E-state index in [1.807, 2.05) is 25.7 Å². The molecule has 2 aromatic rings. The Hall–Kier alpha value is -1.89. The molecule has 0 saturated heterocycles. The molecule has 2 N–H and O–H groups in total. The van der Waals surface area contributed by atoms with Crippen LogP contribution in [0.5, 0.6) is 0 Å². The molecule has 0 radical (unpaired) electrons. The third kappa shape index (κ3) is 5.56. The summed E-state index contributed by atoms with van der Waals surface area (Å²) in [5.41, 5.74) is 4.76. The predicted octanol–water partition coefficient (Wildman–Crippen LogP) is 2.53. The van der Waals surface area contributed by atoms with Crippen molar-refractivity contribution in [3.63, 3.8) is 0 Å². The topological polar surface area (TPSA) is 67.1 Å². The van der Waals surface area contributed by atoms with Gasteiger partial charge in [-0.2, -0.15) is 5.10 Å². The van der Waals surface area contributed by atoms with E-state index in [4.69, 9.17) is 0 Å². The van der Waals surface area contributed by atoms with E-state index in [-0.39, 0.29) is 6.04 Å². The van der Waals surface area contributed by atoms with Crippen molar-refractivity contribution in [1.29, 1.82) is 0 Å². The van der Waals surface area contributed by atoms with E-state index in [2.05, 4.69) is 51.9 Å². The van der Waals surface area contributed by atoms with Crippen LogP contribution in [0.1, 0.15) is 41.0 Å². The first kappa shape index (κ1) is 19.4. The van der Waals surface area contributed by atoms with Gasteiger partial charge in [0.25, 0.3) is 0 Å². The summed E-state index contributed by atoms with van der Waals surface area (Å²) >= 11 is 1.74. The standard InChI is InChI=1S/C18H30N6S/c1-12(10-16-14(3)23-24(6)15(16)4)22-18(19-5)20-9-7-8-17-21-13(2)11-25-17/h11-12H,7-10H2,1-6H3,(H2,19,20,22). The minimum absolute atomic E-state index is 0.286. The normalized spacial score (nSPS) is 13.1. The number of hydrogen-bond donors (Lipinski definition) is 2. The molecule has 0 bridgehead atoms. The van der Waals surface area contributed by atoms with Gasteiger partial charge in [0.1, 0.15) is 0 Å². The lowest BCUT2D eigenvalue weighted by Crippen LogP contribution is -2.43. The monoisotopic (exact) mass is 362 g/mol. The molecular formula is C18H30N6S. The predicted molar refractivity (Wildman–Crippen MR) is 106 cm³/mol. The lowest BCUT2D eigenvalue weighted by atomic mass is 10.1. The Balaban J connectivity index is 1.77. The maximum atomic E-state index is 4.50. The van der Waals surface area contributed by atoms with Crippen LogP contribution >= 0.6 is 11.3 Å². The van der Waals surface area contributed by atoms with Gasteiger partial charge in [-0.25, -0.2) is 4.98 Å². The largest absolute Gasteiger partial charge is 0.356 e. The summed E-state index contributed by atoms with van der Waals surface area (Å²) in [5.74, 6) is 0.849. The summed E-state index contributed by atoms with van der Waals surface area (Å²) in [6.07, 6.45) is 2.99.